The summed E-state index contributed by atoms with van der Waals surface area (Å²) >= 11 is 6.03. The fraction of sp³-hybridized carbons (Fsp3) is 0.286. The number of nitrogens with one attached hydrogen (secondary N) is 1. The molecule has 7 nitrogen and oxygen atoms in total. The van der Waals surface area contributed by atoms with Crippen LogP contribution in [0.5, 0.6) is 0 Å². The summed E-state index contributed by atoms with van der Waals surface area (Å²) in [5.74, 6) is -0.785. The lowest BCUT2D eigenvalue weighted by molar-refractivity contribution is -0.140. The summed E-state index contributed by atoms with van der Waals surface area (Å²) in [6.07, 6.45) is 0.362. The lowest BCUT2D eigenvalue weighted by Crippen LogP contribution is -2.52. The molecule has 0 unspecified atom stereocenters. The van der Waals surface area contributed by atoms with Crippen molar-refractivity contribution in [2.24, 2.45) is 0 Å². The molecule has 0 aliphatic carbocycles. The third kappa shape index (κ3) is 7.11. The first kappa shape index (κ1) is 28.2. The van der Waals surface area contributed by atoms with Gasteiger partial charge in [-0.25, -0.2) is 8.42 Å². The molecule has 3 aromatic rings. The molecular weight excluding hydrogens is 510 g/mol. The van der Waals surface area contributed by atoms with Crippen molar-refractivity contribution in [2.45, 2.75) is 44.7 Å². The summed E-state index contributed by atoms with van der Waals surface area (Å²) in [4.78, 5) is 28.3. The SMILES string of the molecule is CCNC(=O)[C@H](CC)N(Cc1ccc(Cl)cc1)C(=O)CN(c1ccccc1)S(=O)(=O)c1ccc(C)cc1. The van der Waals surface area contributed by atoms with E-state index in [0.717, 1.165) is 15.4 Å². The third-order valence-electron chi connectivity index (χ3n) is 5.94. The predicted octanol–water partition coefficient (Wildman–Crippen LogP) is 4.79. The van der Waals surface area contributed by atoms with Crippen LogP contribution in [0.3, 0.4) is 0 Å². The van der Waals surface area contributed by atoms with Gasteiger partial charge in [0.05, 0.1) is 10.6 Å². The number of anilines is 1. The molecule has 0 aliphatic heterocycles. The number of hydrogen-bond acceptors (Lipinski definition) is 4. The van der Waals surface area contributed by atoms with Crippen LogP contribution in [0, 0.1) is 6.92 Å². The number of hydrogen-bond donors (Lipinski definition) is 1. The molecule has 0 saturated heterocycles. The average Bonchev–Trinajstić information content (AvgIpc) is 2.89. The number of aryl methyl sites for hydroxylation is 1. The van der Waals surface area contributed by atoms with E-state index in [0.29, 0.717) is 23.7 Å². The van der Waals surface area contributed by atoms with Crippen molar-refractivity contribution in [2.75, 3.05) is 17.4 Å². The Morgan fingerprint density at radius 1 is 0.919 bits per heavy atom. The monoisotopic (exact) mass is 541 g/mol. The van der Waals surface area contributed by atoms with Gasteiger partial charge in [-0.3, -0.25) is 13.9 Å². The van der Waals surface area contributed by atoms with Crippen LogP contribution in [0.1, 0.15) is 31.4 Å². The first-order valence-corrected chi connectivity index (χ1v) is 13.9. The van der Waals surface area contributed by atoms with Crippen molar-refractivity contribution in [1.82, 2.24) is 10.2 Å². The highest BCUT2D eigenvalue weighted by atomic mass is 35.5. The van der Waals surface area contributed by atoms with Gasteiger partial charge in [-0.15, -0.1) is 0 Å². The molecular formula is C28H32ClN3O4S. The molecule has 0 fully saturated rings. The summed E-state index contributed by atoms with van der Waals surface area (Å²) < 4.78 is 28.6. The number of rotatable bonds is 11. The second kappa shape index (κ2) is 12.7. The maximum Gasteiger partial charge on any atom is 0.264 e. The molecule has 2 amide bonds. The van der Waals surface area contributed by atoms with Crippen molar-refractivity contribution < 1.29 is 18.0 Å². The van der Waals surface area contributed by atoms with E-state index in [2.05, 4.69) is 5.32 Å². The minimum atomic E-state index is -4.07. The Morgan fingerprint density at radius 3 is 2.11 bits per heavy atom. The van der Waals surface area contributed by atoms with Gasteiger partial charge >= 0.3 is 0 Å². The normalized spacial score (nSPS) is 12.0. The van der Waals surface area contributed by atoms with Crippen LogP contribution in [0.4, 0.5) is 5.69 Å². The van der Waals surface area contributed by atoms with Crippen LogP contribution in [0.15, 0.2) is 83.8 Å². The molecule has 0 aromatic heterocycles. The number of halogens is 1. The number of sulfonamides is 1. The molecule has 0 radical (unpaired) electrons. The van der Waals surface area contributed by atoms with E-state index >= 15 is 0 Å². The fourth-order valence-corrected chi connectivity index (χ4v) is 5.50. The molecule has 0 bridgehead atoms. The largest absolute Gasteiger partial charge is 0.355 e. The smallest absolute Gasteiger partial charge is 0.264 e. The number of carbonyl (C=O) groups is 2. The Labute approximate surface area is 224 Å². The molecule has 0 heterocycles. The number of para-hydroxylation sites is 1. The fourth-order valence-electron chi connectivity index (χ4n) is 3.96. The number of nitrogens with zero attached hydrogens (tertiary/aromatic N) is 2. The lowest BCUT2D eigenvalue weighted by Gasteiger charge is -2.33. The standard InChI is InChI=1S/C28H32ClN3O4S/c1-4-26(28(34)30-5-2)31(19-22-13-15-23(29)16-14-22)27(33)20-32(24-9-7-6-8-10-24)37(35,36)25-17-11-21(3)12-18-25/h6-18,26H,4-5,19-20H2,1-3H3,(H,30,34)/t26-/m0/s1. The zero-order valence-corrected chi connectivity index (χ0v) is 22.8. The zero-order valence-electron chi connectivity index (χ0n) is 21.2. The van der Waals surface area contributed by atoms with Gasteiger partial charge in [0.2, 0.25) is 11.8 Å². The molecule has 3 aromatic carbocycles. The van der Waals surface area contributed by atoms with Crippen LogP contribution >= 0.6 is 11.6 Å². The molecule has 37 heavy (non-hydrogen) atoms. The van der Waals surface area contributed by atoms with E-state index in [4.69, 9.17) is 11.6 Å². The first-order valence-electron chi connectivity index (χ1n) is 12.1. The average molecular weight is 542 g/mol. The second-order valence-corrected chi connectivity index (χ2v) is 10.9. The Morgan fingerprint density at radius 2 is 1.54 bits per heavy atom. The van der Waals surface area contributed by atoms with Gasteiger partial charge in [-0.05, 0) is 62.2 Å². The molecule has 1 atom stereocenters. The van der Waals surface area contributed by atoms with Crippen LogP contribution in [0.2, 0.25) is 5.02 Å². The number of carbonyl (C=O) groups excluding carboxylic acids is 2. The van der Waals surface area contributed by atoms with Crippen molar-refractivity contribution in [3.63, 3.8) is 0 Å². The Hall–Kier alpha value is -3.36. The van der Waals surface area contributed by atoms with Crippen molar-refractivity contribution in [1.29, 1.82) is 0 Å². The molecule has 3 rings (SSSR count). The van der Waals surface area contributed by atoms with Crippen LogP contribution in [-0.4, -0.2) is 44.3 Å². The van der Waals surface area contributed by atoms with E-state index in [1.165, 1.54) is 17.0 Å². The number of benzene rings is 3. The molecule has 9 heteroatoms. The van der Waals surface area contributed by atoms with E-state index in [-0.39, 0.29) is 17.3 Å². The minimum absolute atomic E-state index is 0.0785. The van der Waals surface area contributed by atoms with Gasteiger partial charge in [-0.2, -0.15) is 0 Å². The summed E-state index contributed by atoms with van der Waals surface area (Å²) in [5.41, 5.74) is 2.05. The highest BCUT2D eigenvalue weighted by Gasteiger charge is 2.33. The van der Waals surface area contributed by atoms with Gasteiger partial charge in [-0.1, -0.05) is 66.6 Å². The summed E-state index contributed by atoms with van der Waals surface area (Å²) in [6.45, 7) is 5.57. The Kier molecular flexibility index (Phi) is 9.72. The first-order chi connectivity index (χ1) is 17.7. The van der Waals surface area contributed by atoms with Gasteiger partial charge in [0.1, 0.15) is 12.6 Å². The summed E-state index contributed by atoms with van der Waals surface area (Å²) in [5, 5.41) is 3.34. The zero-order chi connectivity index (χ0) is 27.0. The maximum atomic E-state index is 13.9. The summed E-state index contributed by atoms with van der Waals surface area (Å²) in [7, 11) is -4.07. The number of likely N-dealkylation sites (N-methyl/N-ethyl adjacent to an activating group) is 1. The third-order valence-corrected chi connectivity index (χ3v) is 7.98. The summed E-state index contributed by atoms with van der Waals surface area (Å²) in [6, 6.07) is 21.2. The Balaban J connectivity index is 2.02. The van der Waals surface area contributed by atoms with Crippen molar-refractivity contribution in [3.05, 3.63) is 95.0 Å². The van der Waals surface area contributed by atoms with E-state index in [1.54, 1.807) is 73.7 Å². The van der Waals surface area contributed by atoms with Gasteiger partial charge < -0.3 is 10.2 Å². The van der Waals surface area contributed by atoms with Crippen LogP contribution < -0.4 is 9.62 Å². The van der Waals surface area contributed by atoms with Crippen LogP contribution in [-0.2, 0) is 26.2 Å². The minimum Gasteiger partial charge on any atom is -0.355 e. The van der Waals surface area contributed by atoms with Crippen molar-refractivity contribution >= 4 is 39.1 Å². The lowest BCUT2D eigenvalue weighted by atomic mass is 10.1. The van der Waals surface area contributed by atoms with Gasteiger partial charge in [0.15, 0.2) is 0 Å². The second-order valence-electron chi connectivity index (χ2n) is 8.63. The molecule has 0 aliphatic rings. The van der Waals surface area contributed by atoms with Crippen LogP contribution in [0.25, 0.3) is 0 Å². The molecule has 0 saturated carbocycles. The molecule has 0 spiro atoms. The molecule has 196 valence electrons. The highest BCUT2D eigenvalue weighted by Crippen LogP contribution is 2.25. The van der Waals surface area contributed by atoms with E-state index in [1.807, 2.05) is 13.8 Å². The van der Waals surface area contributed by atoms with Gasteiger partial charge in [0, 0.05) is 18.1 Å². The highest BCUT2D eigenvalue weighted by molar-refractivity contribution is 7.92. The Bertz CT molecular complexity index is 1300. The topological polar surface area (TPSA) is 86.8 Å². The number of amides is 2. The van der Waals surface area contributed by atoms with E-state index in [9.17, 15) is 18.0 Å². The van der Waals surface area contributed by atoms with Gasteiger partial charge in [0.25, 0.3) is 10.0 Å². The molecule has 1 N–H and O–H groups in total. The maximum absolute atomic E-state index is 13.9. The van der Waals surface area contributed by atoms with E-state index < -0.39 is 28.5 Å². The quantitative estimate of drug-likeness (QED) is 0.378. The van der Waals surface area contributed by atoms with Crippen molar-refractivity contribution in [3.8, 4) is 0 Å². The predicted molar refractivity (Wildman–Crippen MR) is 147 cm³/mol.